The van der Waals surface area contributed by atoms with Gasteiger partial charge in [0.15, 0.2) is 5.65 Å². The van der Waals surface area contributed by atoms with Gasteiger partial charge < -0.3 is 9.47 Å². The third-order valence-corrected chi connectivity index (χ3v) is 5.62. The van der Waals surface area contributed by atoms with Crippen LogP contribution in [0.25, 0.3) is 27.9 Å². The molecule has 0 amide bonds. The molecule has 0 aliphatic rings. The molecule has 0 radical (unpaired) electrons. The summed E-state index contributed by atoms with van der Waals surface area (Å²) in [5.74, 6) is 0. The zero-order valence-corrected chi connectivity index (χ0v) is 19.2. The Morgan fingerprint density at radius 3 is 2.22 bits per heavy atom. The molecule has 0 N–H and O–H groups in total. The molecular formula is C23H22Cl2N4O3. The van der Waals surface area contributed by atoms with E-state index < -0.39 is 0 Å². The van der Waals surface area contributed by atoms with Gasteiger partial charge >= 0.3 is 5.69 Å². The lowest BCUT2D eigenvalue weighted by atomic mass is 9.97. The monoisotopic (exact) mass is 472 g/mol. The molecule has 2 aromatic heterocycles. The average Bonchev–Trinajstić information content (AvgIpc) is 3.12. The van der Waals surface area contributed by atoms with Gasteiger partial charge in [-0.3, -0.25) is 0 Å². The van der Waals surface area contributed by atoms with E-state index in [0.717, 1.165) is 22.3 Å². The molecule has 1 unspecified atom stereocenters. The highest BCUT2D eigenvalue weighted by Crippen LogP contribution is 2.34. The van der Waals surface area contributed by atoms with Crippen molar-refractivity contribution in [1.29, 1.82) is 0 Å². The van der Waals surface area contributed by atoms with Gasteiger partial charge in [-0.2, -0.15) is 9.61 Å². The van der Waals surface area contributed by atoms with Gasteiger partial charge in [-0.1, -0.05) is 47.5 Å². The SMILES string of the molecule is CCOCC(Cn1nc2c(-c3ccc(Cl)cc3)c(-c3ccc(Cl)cc3)cnn2c1=O)OC. The number of hydrogen-bond donors (Lipinski definition) is 0. The Balaban J connectivity index is 1.89. The second-order valence-electron chi connectivity index (χ2n) is 7.16. The molecule has 0 bridgehead atoms. The summed E-state index contributed by atoms with van der Waals surface area (Å²) >= 11 is 12.2. The van der Waals surface area contributed by atoms with Gasteiger partial charge in [0.1, 0.15) is 6.10 Å². The van der Waals surface area contributed by atoms with Crippen molar-refractivity contribution in [2.75, 3.05) is 20.3 Å². The van der Waals surface area contributed by atoms with Crippen LogP contribution < -0.4 is 5.69 Å². The van der Waals surface area contributed by atoms with Crippen molar-refractivity contribution >= 4 is 28.8 Å². The number of aromatic nitrogens is 4. The van der Waals surface area contributed by atoms with Gasteiger partial charge in [0.05, 0.1) is 19.3 Å². The summed E-state index contributed by atoms with van der Waals surface area (Å²) < 4.78 is 13.6. The van der Waals surface area contributed by atoms with Crippen molar-refractivity contribution in [3.05, 3.63) is 75.3 Å². The first-order valence-corrected chi connectivity index (χ1v) is 10.9. The lowest BCUT2D eigenvalue weighted by molar-refractivity contribution is 0.00157. The van der Waals surface area contributed by atoms with E-state index in [1.54, 1.807) is 25.4 Å². The van der Waals surface area contributed by atoms with E-state index in [1.165, 1.54) is 9.20 Å². The van der Waals surface area contributed by atoms with E-state index in [9.17, 15) is 4.79 Å². The van der Waals surface area contributed by atoms with E-state index in [1.807, 2.05) is 43.3 Å². The fourth-order valence-corrected chi connectivity index (χ4v) is 3.72. The predicted molar refractivity (Wildman–Crippen MR) is 125 cm³/mol. The van der Waals surface area contributed by atoms with E-state index in [4.69, 9.17) is 32.7 Å². The van der Waals surface area contributed by atoms with E-state index >= 15 is 0 Å². The van der Waals surface area contributed by atoms with Gasteiger partial charge in [-0.25, -0.2) is 9.48 Å². The predicted octanol–water partition coefficient (Wildman–Crippen LogP) is 4.58. The number of rotatable bonds is 8. The van der Waals surface area contributed by atoms with Crippen LogP contribution in [0, 0.1) is 0 Å². The van der Waals surface area contributed by atoms with E-state index in [-0.39, 0.29) is 18.3 Å². The number of fused-ring (bicyclic) bond motifs is 1. The summed E-state index contributed by atoms with van der Waals surface area (Å²) in [6, 6.07) is 14.8. The number of benzene rings is 2. The van der Waals surface area contributed by atoms with Crippen LogP contribution in [0.3, 0.4) is 0 Å². The molecule has 0 saturated heterocycles. The number of nitrogens with zero attached hydrogens (tertiary/aromatic N) is 4. The van der Waals surface area contributed by atoms with Crippen molar-refractivity contribution in [3.8, 4) is 22.3 Å². The number of hydrogen-bond acceptors (Lipinski definition) is 5. The first kappa shape index (κ1) is 22.5. The molecule has 1 atom stereocenters. The molecular weight excluding hydrogens is 451 g/mol. The first-order chi connectivity index (χ1) is 15.5. The van der Waals surface area contributed by atoms with Crippen LogP contribution in [0.4, 0.5) is 0 Å². The minimum Gasteiger partial charge on any atom is -0.379 e. The molecule has 0 spiro atoms. The Morgan fingerprint density at radius 1 is 1.00 bits per heavy atom. The number of ether oxygens (including phenoxy) is 2. The third kappa shape index (κ3) is 4.56. The van der Waals surface area contributed by atoms with Crippen LogP contribution in [-0.2, 0) is 16.0 Å². The second-order valence-corrected chi connectivity index (χ2v) is 8.04. The van der Waals surface area contributed by atoms with Crippen LogP contribution in [0.1, 0.15) is 6.92 Å². The van der Waals surface area contributed by atoms with Gasteiger partial charge in [0.25, 0.3) is 0 Å². The van der Waals surface area contributed by atoms with Gasteiger partial charge in [-0.15, -0.1) is 5.10 Å². The molecule has 166 valence electrons. The Labute approximate surface area is 195 Å². The molecule has 7 nitrogen and oxygen atoms in total. The van der Waals surface area contributed by atoms with Crippen molar-refractivity contribution in [1.82, 2.24) is 19.4 Å². The fraction of sp³-hybridized carbons (Fsp3) is 0.261. The highest BCUT2D eigenvalue weighted by molar-refractivity contribution is 6.31. The molecule has 2 aromatic carbocycles. The summed E-state index contributed by atoms with van der Waals surface area (Å²) in [5.41, 5.74) is 3.45. The van der Waals surface area contributed by atoms with Crippen molar-refractivity contribution < 1.29 is 9.47 Å². The fourth-order valence-electron chi connectivity index (χ4n) is 3.47. The highest BCUT2D eigenvalue weighted by Gasteiger charge is 2.20. The maximum absolute atomic E-state index is 13.0. The third-order valence-electron chi connectivity index (χ3n) is 5.12. The number of halogens is 2. The zero-order valence-electron chi connectivity index (χ0n) is 17.7. The Morgan fingerprint density at radius 2 is 1.62 bits per heavy atom. The summed E-state index contributed by atoms with van der Waals surface area (Å²) in [4.78, 5) is 13.0. The minimum atomic E-state index is -0.351. The Bertz CT molecular complexity index is 1270. The van der Waals surface area contributed by atoms with Gasteiger partial charge in [0, 0.05) is 34.9 Å². The topological polar surface area (TPSA) is 70.6 Å². The standard InChI is InChI=1S/C23H22Cl2N4O3/c1-3-32-14-19(31-2)13-28-23(30)29-22(27-28)21(16-6-10-18(25)11-7-16)20(12-26-29)15-4-8-17(24)9-5-15/h4-12,19H,3,13-14H2,1-2H3. The number of methoxy groups -OCH3 is 1. The van der Waals surface area contributed by atoms with Crippen LogP contribution >= 0.6 is 23.2 Å². The minimum absolute atomic E-state index is 0.245. The molecule has 0 aliphatic carbocycles. The van der Waals surface area contributed by atoms with Gasteiger partial charge in [0.2, 0.25) is 0 Å². The summed E-state index contributed by atoms with van der Waals surface area (Å²) in [6.07, 6.45) is 1.36. The van der Waals surface area contributed by atoms with Crippen molar-refractivity contribution in [2.24, 2.45) is 0 Å². The normalized spacial score (nSPS) is 12.4. The Kier molecular flexibility index (Phi) is 6.91. The van der Waals surface area contributed by atoms with Crippen LogP contribution in [0.2, 0.25) is 10.0 Å². The average molecular weight is 473 g/mol. The molecule has 32 heavy (non-hydrogen) atoms. The first-order valence-electron chi connectivity index (χ1n) is 10.1. The molecule has 4 rings (SSSR count). The molecule has 0 saturated carbocycles. The van der Waals surface area contributed by atoms with Crippen LogP contribution in [0.5, 0.6) is 0 Å². The molecule has 0 fully saturated rings. The van der Waals surface area contributed by atoms with Crippen LogP contribution in [-0.4, -0.2) is 45.8 Å². The largest absolute Gasteiger partial charge is 0.379 e. The second kappa shape index (κ2) is 9.83. The lowest BCUT2D eigenvalue weighted by Gasteiger charge is -2.14. The Hall–Kier alpha value is -2.71. The summed E-state index contributed by atoms with van der Waals surface area (Å²) in [5, 5.41) is 10.3. The van der Waals surface area contributed by atoms with E-state index in [0.29, 0.717) is 28.9 Å². The molecule has 0 aliphatic heterocycles. The lowest BCUT2D eigenvalue weighted by Crippen LogP contribution is -2.31. The molecule has 9 heteroatoms. The van der Waals surface area contributed by atoms with Crippen LogP contribution in [0.15, 0.2) is 59.5 Å². The summed E-state index contributed by atoms with van der Waals surface area (Å²) in [7, 11) is 1.58. The highest BCUT2D eigenvalue weighted by atomic mass is 35.5. The maximum atomic E-state index is 13.0. The van der Waals surface area contributed by atoms with Crippen molar-refractivity contribution in [3.63, 3.8) is 0 Å². The maximum Gasteiger partial charge on any atom is 0.367 e. The molecule has 2 heterocycles. The quantitative estimate of drug-likeness (QED) is 0.375. The van der Waals surface area contributed by atoms with E-state index in [2.05, 4.69) is 10.2 Å². The molecule has 4 aromatic rings. The van der Waals surface area contributed by atoms with Crippen molar-refractivity contribution in [2.45, 2.75) is 19.6 Å². The smallest absolute Gasteiger partial charge is 0.367 e. The van der Waals surface area contributed by atoms with Gasteiger partial charge in [-0.05, 0) is 42.3 Å². The zero-order chi connectivity index (χ0) is 22.7. The summed E-state index contributed by atoms with van der Waals surface area (Å²) in [6.45, 7) is 3.08.